The van der Waals surface area contributed by atoms with Gasteiger partial charge in [-0.1, -0.05) is 28.1 Å². The summed E-state index contributed by atoms with van der Waals surface area (Å²) in [6, 6.07) is 6.51. The molecule has 0 aromatic heterocycles. The number of rotatable bonds is 5. The van der Waals surface area contributed by atoms with E-state index in [0.29, 0.717) is 11.0 Å². The van der Waals surface area contributed by atoms with Gasteiger partial charge in [0.15, 0.2) is 0 Å². The molecule has 3 N–H and O–H groups in total. The zero-order valence-electron chi connectivity index (χ0n) is 10.8. The highest BCUT2D eigenvalue weighted by Gasteiger charge is 2.26. The summed E-state index contributed by atoms with van der Waals surface area (Å²) in [6.45, 7) is 1.28. The number of aliphatic hydroxyl groups is 1. The second-order valence-corrected chi connectivity index (χ2v) is 6.24. The second kappa shape index (κ2) is 6.68. The minimum absolute atomic E-state index is 0.255. The fourth-order valence-corrected chi connectivity index (χ4v) is 3.25. The predicted molar refractivity (Wildman–Crippen MR) is 86.7 cm³/mol. The molecular weight excluding hydrogens is 324 g/mol. The molecule has 0 aliphatic carbocycles. The summed E-state index contributed by atoms with van der Waals surface area (Å²) in [4.78, 5) is 2.82. The third-order valence-electron chi connectivity index (χ3n) is 3.61. The first kappa shape index (κ1) is 14.8. The smallest absolute Gasteiger partial charge is 0.106 e. The highest BCUT2D eigenvalue weighted by molar-refractivity contribution is 9.10. The zero-order valence-corrected chi connectivity index (χ0v) is 13.2. The molecule has 1 aromatic carbocycles. The fraction of sp³-hybridized carbons (Fsp3) is 0.500. The van der Waals surface area contributed by atoms with E-state index in [1.54, 1.807) is 0 Å². The van der Waals surface area contributed by atoms with Crippen LogP contribution in [0.25, 0.3) is 0 Å². The Bertz CT molecular complexity index is 467. The van der Waals surface area contributed by atoms with Gasteiger partial charge in [-0.2, -0.15) is 0 Å². The fourth-order valence-electron chi connectivity index (χ4n) is 2.73. The Kier molecular flexibility index (Phi) is 5.19. The summed E-state index contributed by atoms with van der Waals surface area (Å²) in [6.07, 6.45) is 4.21. The molecule has 0 bridgehead atoms. The molecule has 1 saturated heterocycles. The third kappa shape index (κ3) is 3.46. The molecule has 0 amide bonds. The van der Waals surface area contributed by atoms with Crippen LogP contribution in [0.1, 0.15) is 31.2 Å². The molecule has 0 spiro atoms. The first-order valence-corrected chi connectivity index (χ1v) is 7.80. The minimum atomic E-state index is 0.255. The maximum atomic E-state index is 9.00. The van der Waals surface area contributed by atoms with Crippen LogP contribution >= 0.6 is 28.1 Å². The van der Waals surface area contributed by atoms with Crippen molar-refractivity contribution in [1.29, 1.82) is 0 Å². The quantitative estimate of drug-likeness (QED) is 0.808. The molecule has 1 aliphatic heterocycles. The van der Waals surface area contributed by atoms with Gasteiger partial charge < -0.3 is 15.7 Å². The number of anilines is 1. The molecule has 5 heteroatoms. The van der Waals surface area contributed by atoms with Crippen molar-refractivity contribution in [3.8, 4) is 0 Å². The lowest BCUT2D eigenvalue weighted by atomic mass is 10.1. The molecule has 0 radical (unpaired) electrons. The number of benzene rings is 1. The van der Waals surface area contributed by atoms with E-state index in [4.69, 9.17) is 23.1 Å². The molecule has 0 saturated carbocycles. The SMILES string of the molecule is NC(=S)c1ccc(Br)cc1N1CCCC1CCCO. The number of aliphatic hydroxyl groups excluding tert-OH is 1. The van der Waals surface area contributed by atoms with Gasteiger partial charge in [-0.15, -0.1) is 0 Å². The summed E-state index contributed by atoms with van der Waals surface area (Å²) in [5.74, 6) is 0. The molecule has 3 nitrogen and oxygen atoms in total. The lowest BCUT2D eigenvalue weighted by Crippen LogP contribution is -2.31. The van der Waals surface area contributed by atoms with Crippen LogP contribution in [0.5, 0.6) is 0 Å². The maximum Gasteiger partial charge on any atom is 0.106 e. The van der Waals surface area contributed by atoms with Gasteiger partial charge in [0.05, 0.1) is 0 Å². The number of hydrogen-bond donors (Lipinski definition) is 2. The van der Waals surface area contributed by atoms with Crippen LogP contribution in [0, 0.1) is 0 Å². The first-order chi connectivity index (χ1) is 9.13. The van der Waals surface area contributed by atoms with Gasteiger partial charge in [0.25, 0.3) is 0 Å². The molecule has 1 atom stereocenters. The number of nitrogens with two attached hydrogens (primary N) is 1. The van der Waals surface area contributed by atoms with E-state index in [2.05, 4.69) is 26.9 Å². The van der Waals surface area contributed by atoms with Crippen LogP contribution in [-0.4, -0.2) is 29.3 Å². The maximum absolute atomic E-state index is 9.00. The first-order valence-electron chi connectivity index (χ1n) is 6.60. The van der Waals surface area contributed by atoms with E-state index in [-0.39, 0.29) is 6.61 Å². The van der Waals surface area contributed by atoms with Crippen LogP contribution in [0.3, 0.4) is 0 Å². The van der Waals surface area contributed by atoms with Crippen molar-refractivity contribution in [2.24, 2.45) is 5.73 Å². The minimum Gasteiger partial charge on any atom is -0.396 e. The van der Waals surface area contributed by atoms with Crippen LogP contribution < -0.4 is 10.6 Å². The molecule has 1 fully saturated rings. The van der Waals surface area contributed by atoms with Gasteiger partial charge in [0.2, 0.25) is 0 Å². The van der Waals surface area contributed by atoms with Crippen molar-refractivity contribution < 1.29 is 5.11 Å². The molecule has 1 heterocycles. The Morgan fingerprint density at radius 3 is 3.00 bits per heavy atom. The van der Waals surface area contributed by atoms with Crippen LogP contribution in [-0.2, 0) is 0 Å². The Labute approximate surface area is 127 Å². The third-order valence-corrected chi connectivity index (χ3v) is 4.32. The molecule has 2 rings (SSSR count). The highest BCUT2D eigenvalue weighted by Crippen LogP contribution is 2.32. The zero-order chi connectivity index (χ0) is 13.8. The van der Waals surface area contributed by atoms with E-state index >= 15 is 0 Å². The van der Waals surface area contributed by atoms with Gasteiger partial charge in [0.1, 0.15) is 4.99 Å². The van der Waals surface area contributed by atoms with E-state index in [1.807, 2.05) is 12.1 Å². The summed E-state index contributed by atoms with van der Waals surface area (Å²) in [5, 5.41) is 9.00. The topological polar surface area (TPSA) is 49.5 Å². The molecule has 1 aliphatic rings. The van der Waals surface area contributed by atoms with Gasteiger partial charge >= 0.3 is 0 Å². The van der Waals surface area contributed by atoms with Gasteiger partial charge in [-0.25, -0.2) is 0 Å². The largest absolute Gasteiger partial charge is 0.396 e. The Morgan fingerprint density at radius 2 is 2.32 bits per heavy atom. The lowest BCUT2D eigenvalue weighted by molar-refractivity contribution is 0.279. The van der Waals surface area contributed by atoms with Crippen molar-refractivity contribution in [1.82, 2.24) is 0 Å². The van der Waals surface area contributed by atoms with Crippen molar-refractivity contribution in [3.05, 3.63) is 28.2 Å². The van der Waals surface area contributed by atoms with Crippen LogP contribution in [0.15, 0.2) is 22.7 Å². The van der Waals surface area contributed by atoms with E-state index < -0.39 is 0 Å². The normalized spacial score (nSPS) is 18.8. The van der Waals surface area contributed by atoms with Crippen molar-refractivity contribution in [3.63, 3.8) is 0 Å². The van der Waals surface area contributed by atoms with E-state index in [9.17, 15) is 0 Å². The molecule has 1 unspecified atom stereocenters. The molecule has 19 heavy (non-hydrogen) atoms. The van der Waals surface area contributed by atoms with E-state index in [1.165, 1.54) is 12.8 Å². The highest BCUT2D eigenvalue weighted by atomic mass is 79.9. The Morgan fingerprint density at radius 1 is 1.53 bits per heavy atom. The van der Waals surface area contributed by atoms with Crippen molar-refractivity contribution in [2.45, 2.75) is 31.7 Å². The standard InChI is InChI=1S/C14H19BrN2OS/c15-10-5-6-12(14(16)19)13(9-10)17-7-1-3-11(17)4-2-8-18/h5-6,9,11,18H,1-4,7-8H2,(H2,16,19). The number of hydrogen-bond acceptors (Lipinski definition) is 3. The molecular formula is C14H19BrN2OS. The molecule has 104 valence electrons. The van der Waals surface area contributed by atoms with Crippen LogP contribution in [0.2, 0.25) is 0 Å². The van der Waals surface area contributed by atoms with Gasteiger partial charge in [0, 0.05) is 34.9 Å². The average molecular weight is 343 g/mol. The number of thiocarbonyl (C=S) groups is 1. The van der Waals surface area contributed by atoms with Gasteiger partial charge in [-0.05, 0) is 43.9 Å². The Hall–Kier alpha value is -0.650. The second-order valence-electron chi connectivity index (χ2n) is 4.88. The molecule has 1 aromatic rings. The summed E-state index contributed by atoms with van der Waals surface area (Å²) >= 11 is 8.66. The summed E-state index contributed by atoms with van der Waals surface area (Å²) in [7, 11) is 0. The van der Waals surface area contributed by atoms with Crippen molar-refractivity contribution >= 4 is 38.8 Å². The predicted octanol–water partition coefficient (Wildman–Crippen LogP) is 2.82. The Balaban J connectivity index is 2.28. The lowest BCUT2D eigenvalue weighted by Gasteiger charge is -2.29. The monoisotopic (exact) mass is 342 g/mol. The average Bonchev–Trinajstić information content (AvgIpc) is 2.83. The van der Waals surface area contributed by atoms with Gasteiger partial charge in [-0.3, -0.25) is 0 Å². The van der Waals surface area contributed by atoms with E-state index in [0.717, 1.165) is 35.1 Å². The number of halogens is 1. The number of nitrogens with zero attached hydrogens (tertiary/aromatic N) is 1. The van der Waals surface area contributed by atoms with Crippen molar-refractivity contribution in [2.75, 3.05) is 18.1 Å². The summed E-state index contributed by atoms with van der Waals surface area (Å²) < 4.78 is 1.04. The van der Waals surface area contributed by atoms with Crippen LogP contribution in [0.4, 0.5) is 5.69 Å². The summed E-state index contributed by atoms with van der Waals surface area (Å²) in [5.41, 5.74) is 7.88.